The molecule has 0 aliphatic carbocycles. The third-order valence-electron chi connectivity index (χ3n) is 1.36. The lowest BCUT2D eigenvalue weighted by Crippen LogP contribution is -1.99. The second-order valence-electron chi connectivity index (χ2n) is 2.12. The molecule has 0 bridgehead atoms. The molecule has 0 radical (unpaired) electrons. The number of aromatic carboxylic acids is 1. The molecule has 1 aromatic rings. The van der Waals surface area contributed by atoms with E-state index in [0.717, 1.165) is 12.1 Å². The van der Waals surface area contributed by atoms with E-state index in [1.807, 2.05) is 0 Å². The van der Waals surface area contributed by atoms with Crippen molar-refractivity contribution in [2.24, 2.45) is 0 Å². The maximum Gasteiger partial charge on any atom is 0.336 e. The third kappa shape index (κ3) is 1.36. The van der Waals surface area contributed by atoms with Gasteiger partial charge in [-0.3, -0.25) is 0 Å². The molecule has 0 aliphatic heterocycles. The summed E-state index contributed by atoms with van der Waals surface area (Å²) in [6.45, 7) is -2.72. The van der Waals surface area contributed by atoms with Gasteiger partial charge < -0.3 is 10.2 Å². The van der Waals surface area contributed by atoms with E-state index in [1.54, 1.807) is 0 Å². The number of rotatable bonds is 1. The van der Waals surface area contributed by atoms with Crippen molar-refractivity contribution in [3.63, 3.8) is 0 Å². The van der Waals surface area contributed by atoms with Crippen LogP contribution >= 0.6 is 11.6 Å². The first-order valence-electron chi connectivity index (χ1n) is 4.50. The Hall–Kier alpha value is -1.22. The Morgan fingerprint density at radius 1 is 1.67 bits per heavy atom. The normalized spacial score (nSPS) is 14.6. The van der Waals surface area contributed by atoms with Crippen LogP contribution in [-0.4, -0.2) is 16.2 Å². The van der Waals surface area contributed by atoms with E-state index in [9.17, 15) is 9.90 Å². The zero-order valence-electron chi connectivity index (χ0n) is 8.84. The van der Waals surface area contributed by atoms with Crippen LogP contribution in [0, 0.1) is 6.85 Å². The summed E-state index contributed by atoms with van der Waals surface area (Å²) in [7, 11) is 0. The van der Waals surface area contributed by atoms with Gasteiger partial charge in [0.2, 0.25) is 0 Å². The molecule has 0 aromatic heterocycles. The zero-order valence-corrected chi connectivity index (χ0v) is 6.59. The van der Waals surface area contributed by atoms with Gasteiger partial charge in [-0.15, -0.1) is 0 Å². The molecule has 0 saturated heterocycles. The molecule has 0 atom stereocenters. The van der Waals surface area contributed by atoms with Gasteiger partial charge in [-0.1, -0.05) is 11.6 Å². The Morgan fingerprint density at radius 2 is 2.33 bits per heavy atom. The maximum absolute atomic E-state index is 10.7. The Labute approximate surface area is 78.4 Å². The topological polar surface area (TPSA) is 57.5 Å². The Morgan fingerprint density at radius 3 is 2.83 bits per heavy atom. The summed E-state index contributed by atoms with van der Waals surface area (Å²) in [6.07, 6.45) is 0. The highest BCUT2D eigenvalue weighted by Gasteiger charge is 2.11. The highest BCUT2D eigenvalue weighted by atomic mass is 35.5. The fourth-order valence-corrected chi connectivity index (χ4v) is 0.901. The minimum Gasteiger partial charge on any atom is -0.506 e. The second kappa shape index (κ2) is 3.03. The van der Waals surface area contributed by atoms with Crippen molar-refractivity contribution >= 4 is 17.6 Å². The summed E-state index contributed by atoms with van der Waals surface area (Å²) in [6, 6.07) is 2.18. The van der Waals surface area contributed by atoms with Crippen molar-refractivity contribution in [3.05, 3.63) is 28.3 Å². The van der Waals surface area contributed by atoms with E-state index in [0.29, 0.717) is 0 Å². The summed E-state index contributed by atoms with van der Waals surface area (Å²) < 4.78 is 21.3. The largest absolute Gasteiger partial charge is 0.506 e. The number of halogens is 1. The van der Waals surface area contributed by atoms with Crippen LogP contribution in [0.25, 0.3) is 0 Å². The lowest BCUT2D eigenvalue weighted by molar-refractivity contribution is 0.0695. The highest BCUT2D eigenvalue weighted by molar-refractivity contribution is 6.32. The second-order valence-corrected chi connectivity index (χ2v) is 2.53. The maximum atomic E-state index is 10.7. The summed E-state index contributed by atoms with van der Waals surface area (Å²) in [5.41, 5.74) is -1.11. The van der Waals surface area contributed by atoms with Crippen LogP contribution in [0.5, 0.6) is 5.75 Å². The summed E-state index contributed by atoms with van der Waals surface area (Å²) in [5, 5.41) is 18.0. The average molecular weight is 190 g/mol. The van der Waals surface area contributed by atoms with Crippen molar-refractivity contribution in [1.82, 2.24) is 0 Å². The van der Waals surface area contributed by atoms with Crippen LogP contribution < -0.4 is 0 Å². The van der Waals surface area contributed by atoms with E-state index in [4.69, 9.17) is 20.8 Å². The van der Waals surface area contributed by atoms with Crippen molar-refractivity contribution in [3.8, 4) is 5.75 Å². The summed E-state index contributed by atoms with van der Waals surface area (Å²) >= 11 is 5.50. The Bertz CT molecular complexity index is 414. The predicted molar refractivity (Wildman–Crippen MR) is 44.8 cm³/mol. The number of benzene rings is 1. The fraction of sp³-hybridized carbons (Fsp3) is 0.125. The van der Waals surface area contributed by atoms with Gasteiger partial charge >= 0.3 is 5.97 Å². The molecule has 3 nitrogen and oxygen atoms in total. The molecule has 0 fully saturated rings. The van der Waals surface area contributed by atoms with Gasteiger partial charge in [0.05, 0.1) is 10.6 Å². The van der Waals surface area contributed by atoms with Crippen LogP contribution in [0.15, 0.2) is 12.1 Å². The minimum atomic E-state index is -2.72. The van der Waals surface area contributed by atoms with Gasteiger partial charge in [-0.25, -0.2) is 4.79 Å². The molecule has 0 spiro atoms. The van der Waals surface area contributed by atoms with E-state index in [1.165, 1.54) is 0 Å². The van der Waals surface area contributed by atoms with Gasteiger partial charge in [-0.2, -0.15) is 0 Å². The van der Waals surface area contributed by atoms with Crippen molar-refractivity contribution in [2.75, 3.05) is 0 Å². The molecular weight excluding hydrogens is 180 g/mol. The SMILES string of the molecule is [2H]C([2H])([2H])c1c(C(=O)O)ccc(Cl)c1O. The lowest BCUT2D eigenvalue weighted by atomic mass is 10.1. The van der Waals surface area contributed by atoms with Crippen molar-refractivity contribution in [2.45, 2.75) is 6.85 Å². The quantitative estimate of drug-likeness (QED) is 0.711. The fourth-order valence-electron chi connectivity index (χ4n) is 0.744. The molecule has 0 unspecified atom stereocenters. The van der Waals surface area contributed by atoms with Gasteiger partial charge in [0, 0.05) is 9.68 Å². The number of hydrogen-bond donors (Lipinski definition) is 2. The highest BCUT2D eigenvalue weighted by Crippen LogP contribution is 2.28. The molecule has 0 aliphatic rings. The van der Waals surface area contributed by atoms with Gasteiger partial charge in [0.1, 0.15) is 5.75 Å². The van der Waals surface area contributed by atoms with Crippen molar-refractivity contribution in [1.29, 1.82) is 0 Å². The standard InChI is InChI=1S/C8H7ClO3/c1-4-5(8(11)12)2-3-6(9)7(4)10/h2-3,10H,1H3,(H,11,12)/i1D3. The van der Waals surface area contributed by atoms with E-state index >= 15 is 0 Å². The number of phenols is 1. The first kappa shape index (κ1) is 5.43. The van der Waals surface area contributed by atoms with Crippen LogP contribution in [0.4, 0.5) is 0 Å². The monoisotopic (exact) mass is 189 g/mol. The van der Waals surface area contributed by atoms with E-state index in [2.05, 4.69) is 0 Å². The van der Waals surface area contributed by atoms with Gasteiger partial charge in [-0.05, 0) is 19.0 Å². The molecule has 0 saturated carbocycles. The number of carboxylic acids is 1. The van der Waals surface area contributed by atoms with Crippen molar-refractivity contribution < 1.29 is 19.1 Å². The molecule has 4 heteroatoms. The lowest BCUT2D eigenvalue weighted by Gasteiger charge is -2.03. The molecule has 0 heterocycles. The first-order chi connectivity index (χ1) is 6.75. The smallest absolute Gasteiger partial charge is 0.336 e. The van der Waals surface area contributed by atoms with Gasteiger partial charge in [0.25, 0.3) is 0 Å². The Kier molecular flexibility index (Phi) is 1.37. The molecule has 12 heavy (non-hydrogen) atoms. The van der Waals surface area contributed by atoms with Crippen LogP contribution in [-0.2, 0) is 0 Å². The first-order valence-corrected chi connectivity index (χ1v) is 3.38. The van der Waals surface area contributed by atoms with Crippen LogP contribution in [0.1, 0.15) is 20.0 Å². The average Bonchev–Trinajstić information content (AvgIpc) is 2.06. The molecule has 64 valence electrons. The van der Waals surface area contributed by atoms with Gasteiger partial charge in [0.15, 0.2) is 0 Å². The minimum absolute atomic E-state index is 0.189. The molecular formula is C8H7ClO3. The van der Waals surface area contributed by atoms with Crippen LogP contribution in [0.3, 0.4) is 0 Å². The third-order valence-corrected chi connectivity index (χ3v) is 1.66. The predicted octanol–water partition coefficient (Wildman–Crippen LogP) is 2.05. The van der Waals surface area contributed by atoms with E-state index in [-0.39, 0.29) is 5.02 Å². The number of carboxylic acid groups (broad SMARTS) is 1. The molecule has 2 N–H and O–H groups in total. The summed E-state index contributed by atoms with van der Waals surface area (Å²) in [4.78, 5) is 10.7. The molecule has 0 amide bonds. The molecule has 1 aromatic carbocycles. The van der Waals surface area contributed by atoms with Crippen LogP contribution in [0.2, 0.25) is 5.02 Å². The number of phenolic OH excluding ortho intramolecular Hbond substituents is 1. The van der Waals surface area contributed by atoms with E-state index < -0.39 is 29.7 Å². The number of hydrogen-bond acceptors (Lipinski definition) is 2. The number of carbonyl (C=O) groups is 1. The summed E-state index contributed by atoms with van der Waals surface area (Å²) in [5.74, 6) is -2.13. The number of aromatic hydroxyl groups is 1. The Balaban J connectivity index is 3.57. The zero-order chi connectivity index (χ0) is 11.8. The molecule has 1 rings (SSSR count).